The van der Waals surface area contributed by atoms with Crippen LogP contribution in [0.15, 0.2) is 29.3 Å². The van der Waals surface area contributed by atoms with E-state index in [0.717, 1.165) is 30.7 Å². The lowest BCUT2D eigenvalue weighted by Crippen LogP contribution is -2.32. The maximum absolute atomic E-state index is 5.81. The van der Waals surface area contributed by atoms with E-state index in [1.54, 1.807) is 7.11 Å². The third kappa shape index (κ3) is 11.5. The van der Waals surface area contributed by atoms with E-state index < -0.39 is 0 Å². The zero-order chi connectivity index (χ0) is 16.8. The monoisotopic (exact) mass is 449 g/mol. The van der Waals surface area contributed by atoms with E-state index in [2.05, 4.69) is 17.2 Å². The van der Waals surface area contributed by atoms with Crippen LogP contribution in [0, 0.1) is 0 Å². The zero-order valence-electron chi connectivity index (χ0n) is 14.9. The number of hydrogen-bond donors (Lipinski definition) is 2. The topological polar surface area (TPSA) is 68.9 Å². The molecule has 0 atom stereocenters. The Morgan fingerprint density at radius 3 is 2.54 bits per heavy atom. The summed E-state index contributed by atoms with van der Waals surface area (Å²) in [6.45, 7) is 5.10. The highest BCUT2D eigenvalue weighted by atomic mass is 127. The average molecular weight is 449 g/mol. The van der Waals surface area contributed by atoms with Gasteiger partial charge in [0, 0.05) is 19.7 Å². The smallest absolute Gasteiger partial charge is 0.188 e. The van der Waals surface area contributed by atoms with Crippen LogP contribution in [0.1, 0.15) is 44.6 Å². The summed E-state index contributed by atoms with van der Waals surface area (Å²) in [6, 6.07) is 7.90. The van der Waals surface area contributed by atoms with Crippen LogP contribution in [0.25, 0.3) is 0 Å². The summed E-state index contributed by atoms with van der Waals surface area (Å²) in [6.07, 6.45) is 5.80. The van der Waals surface area contributed by atoms with E-state index >= 15 is 0 Å². The Morgan fingerprint density at radius 2 is 1.88 bits per heavy atom. The Bertz CT molecular complexity index is 438. The van der Waals surface area contributed by atoms with E-state index in [1.807, 2.05) is 24.3 Å². The number of guanidine groups is 1. The summed E-state index contributed by atoms with van der Waals surface area (Å²) in [5.41, 5.74) is 6.95. The minimum Gasteiger partial charge on any atom is -0.497 e. The van der Waals surface area contributed by atoms with E-state index in [0.29, 0.717) is 25.7 Å². The molecule has 0 unspecified atom stereocenters. The molecule has 0 aliphatic carbocycles. The van der Waals surface area contributed by atoms with E-state index in [4.69, 9.17) is 15.2 Å². The first kappa shape index (κ1) is 23.0. The summed E-state index contributed by atoms with van der Waals surface area (Å²) in [5.74, 6) is 1.40. The second-order valence-electron chi connectivity index (χ2n) is 5.51. The normalized spacial score (nSPS) is 11.0. The number of ether oxygens (including phenoxy) is 2. The highest BCUT2D eigenvalue weighted by Crippen LogP contribution is 2.11. The Labute approximate surface area is 163 Å². The second-order valence-corrected chi connectivity index (χ2v) is 5.51. The molecular weight excluding hydrogens is 417 g/mol. The molecule has 1 aromatic rings. The number of rotatable bonds is 12. The van der Waals surface area contributed by atoms with Crippen LogP contribution in [-0.4, -0.2) is 32.8 Å². The lowest BCUT2D eigenvalue weighted by molar-refractivity contribution is 0.120. The van der Waals surface area contributed by atoms with Gasteiger partial charge < -0.3 is 20.5 Å². The van der Waals surface area contributed by atoms with E-state index in [9.17, 15) is 0 Å². The predicted octanol–water partition coefficient (Wildman–Crippen LogP) is 3.70. The molecule has 0 aliphatic heterocycles. The van der Waals surface area contributed by atoms with Crippen LogP contribution in [0.3, 0.4) is 0 Å². The minimum absolute atomic E-state index is 0. The largest absolute Gasteiger partial charge is 0.497 e. The van der Waals surface area contributed by atoms with Gasteiger partial charge in [0.25, 0.3) is 0 Å². The van der Waals surface area contributed by atoms with Gasteiger partial charge in [0.05, 0.1) is 13.7 Å². The first-order chi connectivity index (χ1) is 11.3. The van der Waals surface area contributed by atoms with Gasteiger partial charge in [0.1, 0.15) is 5.75 Å². The number of methoxy groups -OCH3 is 1. The fourth-order valence-electron chi connectivity index (χ4n) is 2.10. The molecule has 1 aromatic carbocycles. The summed E-state index contributed by atoms with van der Waals surface area (Å²) in [4.78, 5) is 4.30. The number of halogens is 1. The van der Waals surface area contributed by atoms with Crippen LogP contribution in [-0.2, 0) is 11.3 Å². The Kier molecular flexibility index (Phi) is 14.8. The molecule has 0 spiro atoms. The van der Waals surface area contributed by atoms with Gasteiger partial charge in [-0.3, -0.25) is 4.99 Å². The van der Waals surface area contributed by atoms with Crippen molar-refractivity contribution in [1.29, 1.82) is 0 Å². The molecule has 0 aromatic heterocycles. The standard InChI is InChI=1S/C18H31N3O2.HI/c1-3-4-5-6-12-20-18(19)21-13-7-14-23-15-16-8-10-17(22-2)11-9-16;/h8-11H,3-7,12-15H2,1-2H3,(H3,19,20,21);1H. The van der Waals surface area contributed by atoms with Gasteiger partial charge in [-0.05, 0) is 30.5 Å². The molecule has 0 bridgehead atoms. The molecule has 0 saturated heterocycles. The summed E-state index contributed by atoms with van der Waals surface area (Å²) in [7, 11) is 1.66. The molecule has 138 valence electrons. The van der Waals surface area contributed by atoms with Crippen molar-refractivity contribution in [2.45, 2.75) is 45.6 Å². The first-order valence-corrected chi connectivity index (χ1v) is 8.50. The molecule has 0 aliphatic rings. The van der Waals surface area contributed by atoms with E-state index in [-0.39, 0.29) is 24.0 Å². The summed E-state index contributed by atoms with van der Waals surface area (Å²) >= 11 is 0. The van der Waals surface area contributed by atoms with Gasteiger partial charge in [-0.25, -0.2) is 0 Å². The highest BCUT2D eigenvalue weighted by molar-refractivity contribution is 14.0. The maximum Gasteiger partial charge on any atom is 0.188 e. The van der Waals surface area contributed by atoms with Crippen LogP contribution in [0.5, 0.6) is 5.75 Å². The molecule has 0 radical (unpaired) electrons. The number of unbranched alkanes of at least 4 members (excludes halogenated alkanes) is 3. The Morgan fingerprint density at radius 1 is 1.12 bits per heavy atom. The molecule has 24 heavy (non-hydrogen) atoms. The van der Waals surface area contributed by atoms with Gasteiger partial charge in [0.2, 0.25) is 0 Å². The van der Waals surface area contributed by atoms with Gasteiger partial charge in [-0.2, -0.15) is 0 Å². The van der Waals surface area contributed by atoms with Crippen molar-refractivity contribution in [1.82, 2.24) is 5.32 Å². The van der Waals surface area contributed by atoms with Crippen molar-refractivity contribution in [3.05, 3.63) is 29.8 Å². The highest BCUT2D eigenvalue weighted by Gasteiger charge is 1.96. The fraction of sp³-hybridized carbons (Fsp3) is 0.611. The molecule has 0 fully saturated rings. The Hall–Kier alpha value is -1.02. The molecule has 0 amide bonds. The summed E-state index contributed by atoms with van der Waals surface area (Å²) < 4.78 is 10.8. The molecule has 1 rings (SSSR count). The Balaban J connectivity index is 0.00000529. The molecule has 3 N–H and O–H groups in total. The second kappa shape index (κ2) is 15.5. The first-order valence-electron chi connectivity index (χ1n) is 8.50. The lowest BCUT2D eigenvalue weighted by Gasteiger charge is -2.06. The number of nitrogens with zero attached hydrogens (tertiary/aromatic N) is 1. The quantitative estimate of drug-likeness (QED) is 0.221. The van der Waals surface area contributed by atoms with Crippen molar-refractivity contribution in [3.63, 3.8) is 0 Å². The number of aliphatic imine (C=N–C) groups is 1. The molecule has 0 heterocycles. The maximum atomic E-state index is 5.81. The fourth-order valence-corrected chi connectivity index (χ4v) is 2.10. The van der Waals surface area contributed by atoms with Crippen LogP contribution in [0.2, 0.25) is 0 Å². The van der Waals surface area contributed by atoms with Crippen molar-refractivity contribution < 1.29 is 9.47 Å². The van der Waals surface area contributed by atoms with Gasteiger partial charge >= 0.3 is 0 Å². The van der Waals surface area contributed by atoms with Gasteiger partial charge in [-0.15, -0.1) is 24.0 Å². The van der Waals surface area contributed by atoms with Crippen LogP contribution >= 0.6 is 24.0 Å². The number of nitrogens with two attached hydrogens (primary N) is 1. The molecule has 0 saturated carbocycles. The van der Waals surface area contributed by atoms with Crippen molar-refractivity contribution in [2.24, 2.45) is 10.7 Å². The zero-order valence-corrected chi connectivity index (χ0v) is 17.3. The lowest BCUT2D eigenvalue weighted by atomic mass is 10.2. The average Bonchev–Trinajstić information content (AvgIpc) is 2.58. The van der Waals surface area contributed by atoms with Crippen LogP contribution in [0.4, 0.5) is 0 Å². The number of benzene rings is 1. The van der Waals surface area contributed by atoms with Gasteiger partial charge in [0.15, 0.2) is 5.96 Å². The minimum atomic E-state index is 0. The third-order valence-electron chi connectivity index (χ3n) is 3.49. The van der Waals surface area contributed by atoms with Crippen molar-refractivity contribution in [2.75, 3.05) is 26.8 Å². The van der Waals surface area contributed by atoms with Crippen molar-refractivity contribution >= 4 is 29.9 Å². The number of nitrogens with one attached hydrogen (secondary N) is 1. The SMILES string of the molecule is CCCCCCNC(N)=NCCCOCc1ccc(OC)cc1.I. The third-order valence-corrected chi connectivity index (χ3v) is 3.49. The molecular formula is C18H32IN3O2. The van der Waals surface area contributed by atoms with Crippen LogP contribution < -0.4 is 15.8 Å². The molecule has 5 nitrogen and oxygen atoms in total. The number of hydrogen-bond acceptors (Lipinski definition) is 3. The van der Waals surface area contributed by atoms with Crippen molar-refractivity contribution in [3.8, 4) is 5.75 Å². The summed E-state index contributed by atoms with van der Waals surface area (Å²) in [5, 5.41) is 3.14. The predicted molar refractivity (Wildman–Crippen MR) is 111 cm³/mol. The molecule has 6 heteroatoms. The van der Waals surface area contributed by atoms with E-state index in [1.165, 1.54) is 19.3 Å². The van der Waals surface area contributed by atoms with Gasteiger partial charge in [-0.1, -0.05) is 38.3 Å².